The minimum Gasteiger partial charge on any atom is -0.390 e. The van der Waals surface area contributed by atoms with Crippen LogP contribution in [0.5, 0.6) is 0 Å². The molecule has 2 atom stereocenters. The van der Waals surface area contributed by atoms with Crippen molar-refractivity contribution < 1.29 is 0 Å². The molecule has 0 radical (unpaired) electrons. The van der Waals surface area contributed by atoms with Gasteiger partial charge in [-0.25, -0.2) is 0 Å². The van der Waals surface area contributed by atoms with Gasteiger partial charge >= 0.3 is 0 Å². The Labute approximate surface area is 234 Å². The standard InChI is InChI=1S/C38H43N/c1-2-8-30(9-3-1)33-10-4-5-11-35(33)38-23-22-34(36-12-6-7-13-37(36)38)31-20-18-28(19-21-31)27-14-16-29(17-15-27)32-24-25-39-26-32/h1-2,6-8,10,12-14,16,18,26,31,35,39H,3-5,9,11,15,17,19-25H2. The van der Waals surface area contributed by atoms with Crippen molar-refractivity contribution in [3.8, 4) is 0 Å². The Kier molecular flexibility index (Phi) is 7.16. The third-order valence-electron chi connectivity index (χ3n) is 10.2. The highest BCUT2D eigenvalue weighted by atomic mass is 14.8. The maximum Gasteiger partial charge on any atom is 0.0182 e. The lowest BCUT2D eigenvalue weighted by Crippen LogP contribution is -2.37. The largest absolute Gasteiger partial charge is 0.390 e. The third-order valence-corrected chi connectivity index (χ3v) is 10.2. The van der Waals surface area contributed by atoms with Gasteiger partial charge in [0.1, 0.15) is 0 Å². The zero-order valence-corrected chi connectivity index (χ0v) is 23.5. The molecule has 0 spiro atoms. The van der Waals surface area contributed by atoms with Crippen molar-refractivity contribution in [3.05, 3.63) is 117 Å². The summed E-state index contributed by atoms with van der Waals surface area (Å²) in [6.45, 7) is 1.10. The van der Waals surface area contributed by atoms with Crippen molar-refractivity contribution in [2.75, 3.05) is 6.54 Å². The lowest BCUT2D eigenvalue weighted by atomic mass is 9.71. The second kappa shape index (κ2) is 11.2. The van der Waals surface area contributed by atoms with E-state index in [1.165, 1.54) is 89.0 Å². The molecule has 1 heterocycles. The van der Waals surface area contributed by atoms with E-state index in [1.54, 1.807) is 49.4 Å². The van der Waals surface area contributed by atoms with E-state index in [9.17, 15) is 0 Å². The summed E-state index contributed by atoms with van der Waals surface area (Å²) in [5, 5.41) is 6.53. The zero-order valence-electron chi connectivity index (χ0n) is 23.5. The second-order valence-electron chi connectivity index (χ2n) is 12.4. The molecule has 0 saturated heterocycles. The van der Waals surface area contributed by atoms with Gasteiger partial charge in [-0.05, 0) is 133 Å². The topological polar surface area (TPSA) is 12.0 Å². The van der Waals surface area contributed by atoms with Crippen LogP contribution in [0.1, 0.15) is 83.5 Å². The molecular weight excluding hydrogens is 470 g/mol. The molecule has 1 N–H and O–H groups in total. The molecule has 0 saturated carbocycles. The first-order valence-electron chi connectivity index (χ1n) is 15.7. The summed E-state index contributed by atoms with van der Waals surface area (Å²) in [5.41, 5.74) is 13.0. The molecule has 200 valence electrons. The fourth-order valence-corrected chi connectivity index (χ4v) is 8.15. The van der Waals surface area contributed by atoms with Crippen LogP contribution in [0, 0.1) is 11.8 Å². The molecule has 0 aromatic heterocycles. The zero-order chi connectivity index (χ0) is 26.0. The normalized spacial score (nSPS) is 27.0. The number of benzene rings is 1. The summed E-state index contributed by atoms with van der Waals surface area (Å²) in [6, 6.07) is 9.45. The molecule has 39 heavy (non-hydrogen) atoms. The van der Waals surface area contributed by atoms with Gasteiger partial charge in [-0.15, -0.1) is 0 Å². The van der Waals surface area contributed by atoms with Crippen molar-refractivity contribution >= 4 is 11.1 Å². The molecule has 1 aromatic carbocycles. The van der Waals surface area contributed by atoms with Crippen molar-refractivity contribution in [1.82, 2.24) is 5.32 Å². The predicted molar refractivity (Wildman–Crippen MR) is 165 cm³/mol. The lowest BCUT2D eigenvalue weighted by molar-refractivity contribution is 0.557. The van der Waals surface area contributed by atoms with Gasteiger partial charge in [-0.3, -0.25) is 0 Å². The van der Waals surface area contributed by atoms with E-state index >= 15 is 0 Å². The Morgan fingerprint density at radius 3 is 2.18 bits per heavy atom. The van der Waals surface area contributed by atoms with Gasteiger partial charge in [0.05, 0.1) is 0 Å². The van der Waals surface area contributed by atoms with Gasteiger partial charge in [0.2, 0.25) is 0 Å². The van der Waals surface area contributed by atoms with Crippen LogP contribution in [-0.4, -0.2) is 6.54 Å². The van der Waals surface area contributed by atoms with Crippen LogP contribution in [-0.2, 0) is 0 Å². The first-order chi connectivity index (χ1) is 19.3. The van der Waals surface area contributed by atoms with Crippen LogP contribution in [0.2, 0.25) is 0 Å². The fraction of sp³-hybridized carbons (Fsp3) is 0.421. The van der Waals surface area contributed by atoms with E-state index in [4.69, 9.17) is 0 Å². The number of allylic oxidation sites excluding steroid dienone is 12. The molecule has 0 bridgehead atoms. The predicted octanol–water partition coefficient (Wildman–Crippen LogP) is 8.04. The average Bonchev–Trinajstić information content (AvgIpc) is 3.57. The van der Waals surface area contributed by atoms with Gasteiger partial charge in [-0.2, -0.15) is 0 Å². The smallest absolute Gasteiger partial charge is 0.0182 e. The fourth-order valence-electron chi connectivity index (χ4n) is 8.15. The SMILES string of the molecule is C1=CCCC(C2=CCCCC2C2=c3ccccc3=C(C3CC=C(C4=CC=C(C5=CNCC5)CC4)CC3)CC2)=C1. The molecule has 5 aliphatic carbocycles. The summed E-state index contributed by atoms with van der Waals surface area (Å²) >= 11 is 0. The Balaban J connectivity index is 1.17. The quantitative estimate of drug-likeness (QED) is 0.420. The number of fused-ring (bicyclic) bond motifs is 1. The Morgan fingerprint density at radius 1 is 0.641 bits per heavy atom. The Hall–Kier alpha value is -3.06. The third kappa shape index (κ3) is 5.02. The summed E-state index contributed by atoms with van der Waals surface area (Å²) in [6.07, 6.45) is 35.4. The lowest BCUT2D eigenvalue weighted by Gasteiger charge is -2.33. The van der Waals surface area contributed by atoms with Crippen LogP contribution >= 0.6 is 0 Å². The molecule has 0 fully saturated rings. The molecule has 0 amide bonds. The van der Waals surface area contributed by atoms with Gasteiger partial charge in [0, 0.05) is 18.7 Å². The number of nitrogens with one attached hydrogen (secondary N) is 1. The molecule has 2 unspecified atom stereocenters. The summed E-state index contributed by atoms with van der Waals surface area (Å²) in [5.74, 6) is 1.32. The molecular formula is C38H43N. The minimum atomic E-state index is 0.615. The molecule has 6 aliphatic rings. The average molecular weight is 514 g/mol. The molecule has 7 rings (SSSR count). The number of rotatable bonds is 5. The first-order valence-corrected chi connectivity index (χ1v) is 15.7. The van der Waals surface area contributed by atoms with Crippen molar-refractivity contribution in [2.24, 2.45) is 11.8 Å². The Bertz CT molecular complexity index is 1480. The summed E-state index contributed by atoms with van der Waals surface area (Å²) < 4.78 is 0. The van der Waals surface area contributed by atoms with E-state index in [2.05, 4.69) is 78.3 Å². The molecule has 1 nitrogen and oxygen atoms in total. The monoisotopic (exact) mass is 513 g/mol. The minimum absolute atomic E-state index is 0.615. The highest BCUT2D eigenvalue weighted by Gasteiger charge is 2.29. The van der Waals surface area contributed by atoms with Crippen molar-refractivity contribution in [3.63, 3.8) is 0 Å². The van der Waals surface area contributed by atoms with Crippen molar-refractivity contribution in [1.29, 1.82) is 0 Å². The van der Waals surface area contributed by atoms with Gasteiger partial charge in [0.25, 0.3) is 0 Å². The molecule has 1 aliphatic heterocycles. The summed E-state index contributed by atoms with van der Waals surface area (Å²) in [7, 11) is 0. The van der Waals surface area contributed by atoms with E-state index in [-0.39, 0.29) is 0 Å². The van der Waals surface area contributed by atoms with E-state index in [0.29, 0.717) is 11.8 Å². The molecule has 1 heteroatoms. The highest BCUT2D eigenvalue weighted by molar-refractivity contribution is 5.65. The maximum absolute atomic E-state index is 3.38. The van der Waals surface area contributed by atoms with Gasteiger partial charge < -0.3 is 5.32 Å². The van der Waals surface area contributed by atoms with Gasteiger partial charge in [-0.1, -0.05) is 77.9 Å². The van der Waals surface area contributed by atoms with E-state index < -0.39 is 0 Å². The number of hydrogen-bond acceptors (Lipinski definition) is 1. The summed E-state index contributed by atoms with van der Waals surface area (Å²) in [4.78, 5) is 0. The van der Waals surface area contributed by atoms with Crippen LogP contribution in [0.15, 0.2) is 106 Å². The van der Waals surface area contributed by atoms with Crippen LogP contribution in [0.3, 0.4) is 0 Å². The van der Waals surface area contributed by atoms with Crippen molar-refractivity contribution in [2.45, 2.75) is 83.5 Å². The first kappa shape index (κ1) is 24.9. The molecule has 1 aromatic rings. The van der Waals surface area contributed by atoms with Gasteiger partial charge in [0.15, 0.2) is 0 Å². The Morgan fingerprint density at radius 2 is 1.46 bits per heavy atom. The highest BCUT2D eigenvalue weighted by Crippen LogP contribution is 2.43. The maximum atomic E-state index is 3.38. The van der Waals surface area contributed by atoms with Crippen LogP contribution in [0.4, 0.5) is 0 Å². The van der Waals surface area contributed by atoms with E-state index in [0.717, 1.165) is 6.54 Å². The number of hydrogen-bond donors (Lipinski definition) is 1. The second-order valence-corrected chi connectivity index (χ2v) is 12.4. The van der Waals surface area contributed by atoms with Crippen LogP contribution in [0.25, 0.3) is 11.1 Å². The van der Waals surface area contributed by atoms with Crippen LogP contribution < -0.4 is 15.8 Å². The van der Waals surface area contributed by atoms with E-state index in [1.807, 2.05) is 0 Å².